The van der Waals surface area contributed by atoms with Crippen LogP contribution < -0.4 is 4.90 Å². The van der Waals surface area contributed by atoms with Crippen LogP contribution in [0.15, 0.2) is 23.1 Å². The number of amides is 2. The Kier molecular flexibility index (Phi) is 7.22. The lowest BCUT2D eigenvalue weighted by atomic mass is 9.95. The van der Waals surface area contributed by atoms with Gasteiger partial charge in [0.1, 0.15) is 0 Å². The Morgan fingerprint density at radius 3 is 2.19 bits per heavy atom. The van der Waals surface area contributed by atoms with E-state index in [0.717, 1.165) is 4.90 Å². The molecule has 2 aliphatic heterocycles. The van der Waals surface area contributed by atoms with Crippen LogP contribution in [0.5, 0.6) is 0 Å². The van der Waals surface area contributed by atoms with Gasteiger partial charge in [0.15, 0.2) is 9.84 Å². The molecule has 36 heavy (non-hydrogen) atoms. The molecule has 0 bridgehead atoms. The molecule has 1 aromatic carbocycles. The van der Waals surface area contributed by atoms with Crippen LogP contribution in [0.3, 0.4) is 0 Å². The second-order valence-electron chi connectivity index (χ2n) is 9.66. The summed E-state index contributed by atoms with van der Waals surface area (Å²) in [4.78, 5) is 40.8. The van der Waals surface area contributed by atoms with E-state index in [1.165, 1.54) is 19.1 Å². The average Bonchev–Trinajstić information content (AvgIpc) is 3.42. The summed E-state index contributed by atoms with van der Waals surface area (Å²) in [6.07, 6.45) is -1.08. The SMILES string of the molecule is CC(=O)N1CCN(c2ccc(S(=O)(=O)[C@H]3C[C@@H](C(=O)O)[C@H](C(=O)N4CCC(F)(F)C4)C3)c(Cl)c2)CC1. The number of halogens is 3. The largest absolute Gasteiger partial charge is 0.481 e. The van der Waals surface area contributed by atoms with Crippen LogP contribution in [-0.4, -0.2) is 91.5 Å². The van der Waals surface area contributed by atoms with Crippen molar-refractivity contribution >= 4 is 44.9 Å². The lowest BCUT2D eigenvalue weighted by Crippen LogP contribution is -2.48. The van der Waals surface area contributed by atoms with E-state index >= 15 is 0 Å². The van der Waals surface area contributed by atoms with Gasteiger partial charge in [-0.2, -0.15) is 0 Å². The third kappa shape index (κ3) is 5.15. The number of piperazine rings is 1. The maximum Gasteiger partial charge on any atom is 0.307 e. The number of carbonyl (C=O) groups is 3. The van der Waals surface area contributed by atoms with Crippen LogP contribution in [0.25, 0.3) is 0 Å². The number of likely N-dealkylation sites (tertiary alicyclic amines) is 1. The number of alkyl halides is 2. The van der Waals surface area contributed by atoms with Crippen molar-refractivity contribution in [2.45, 2.75) is 42.3 Å². The minimum Gasteiger partial charge on any atom is -0.481 e. The zero-order valence-electron chi connectivity index (χ0n) is 19.7. The molecule has 1 aliphatic carbocycles. The summed E-state index contributed by atoms with van der Waals surface area (Å²) in [7, 11) is -4.10. The molecule has 2 amide bonds. The van der Waals surface area contributed by atoms with Crippen molar-refractivity contribution in [3.05, 3.63) is 23.2 Å². The number of benzene rings is 1. The fraction of sp³-hybridized carbons (Fsp3) is 0.609. The molecule has 13 heteroatoms. The molecule has 0 radical (unpaired) electrons. The Morgan fingerprint density at radius 2 is 1.67 bits per heavy atom. The first-order valence-electron chi connectivity index (χ1n) is 11.7. The highest BCUT2D eigenvalue weighted by atomic mass is 35.5. The number of carbonyl (C=O) groups excluding carboxylic acids is 2. The van der Waals surface area contributed by atoms with E-state index in [2.05, 4.69) is 0 Å². The molecule has 0 spiro atoms. The Balaban J connectivity index is 1.51. The molecular formula is C23H28ClF2N3O6S. The molecule has 1 saturated carbocycles. The van der Waals surface area contributed by atoms with Gasteiger partial charge in [-0.1, -0.05) is 11.6 Å². The lowest BCUT2D eigenvalue weighted by Gasteiger charge is -2.35. The number of carboxylic acids is 1. The molecule has 198 valence electrons. The van der Waals surface area contributed by atoms with Gasteiger partial charge in [-0.25, -0.2) is 17.2 Å². The number of hydrogen-bond donors (Lipinski definition) is 1. The van der Waals surface area contributed by atoms with Crippen LogP contribution in [0, 0.1) is 11.8 Å². The first-order valence-corrected chi connectivity index (χ1v) is 13.7. The Labute approximate surface area is 212 Å². The van der Waals surface area contributed by atoms with Gasteiger partial charge in [0.2, 0.25) is 11.8 Å². The van der Waals surface area contributed by atoms with E-state index in [1.54, 1.807) is 11.0 Å². The van der Waals surface area contributed by atoms with Crippen LogP contribution >= 0.6 is 11.6 Å². The van der Waals surface area contributed by atoms with Gasteiger partial charge in [0.25, 0.3) is 5.92 Å². The summed E-state index contributed by atoms with van der Waals surface area (Å²) in [5, 5.41) is 8.44. The molecule has 1 aromatic rings. The van der Waals surface area contributed by atoms with E-state index in [0.29, 0.717) is 31.9 Å². The van der Waals surface area contributed by atoms with E-state index in [-0.39, 0.29) is 35.2 Å². The van der Waals surface area contributed by atoms with Crippen LogP contribution in [0.2, 0.25) is 5.02 Å². The smallest absolute Gasteiger partial charge is 0.307 e. The maximum atomic E-state index is 13.6. The standard InChI is InChI=1S/C23H28ClF2N3O6S/c1-14(30)27-6-8-28(9-7-27)15-2-3-20(19(24)10-15)36(34,35)16-11-17(18(12-16)22(32)33)21(31)29-5-4-23(25,26)13-29/h2-3,10,16-18H,4-9,11-13H2,1H3,(H,32,33)/t16-,17-,18-/m1/s1. The van der Waals surface area contributed by atoms with Crippen molar-refractivity contribution in [3.8, 4) is 0 Å². The Bertz CT molecular complexity index is 1170. The summed E-state index contributed by atoms with van der Waals surface area (Å²) in [5.74, 6) is -7.62. The van der Waals surface area contributed by atoms with Gasteiger partial charge < -0.3 is 19.8 Å². The number of anilines is 1. The lowest BCUT2D eigenvalue weighted by molar-refractivity contribution is -0.149. The van der Waals surface area contributed by atoms with Gasteiger partial charge >= 0.3 is 5.97 Å². The summed E-state index contributed by atoms with van der Waals surface area (Å²) in [6, 6.07) is 4.51. The number of hydrogen-bond acceptors (Lipinski definition) is 6. The van der Waals surface area contributed by atoms with Crippen LogP contribution in [-0.2, 0) is 24.2 Å². The number of nitrogens with zero attached hydrogens (tertiary/aromatic N) is 3. The average molecular weight is 548 g/mol. The van der Waals surface area contributed by atoms with Gasteiger partial charge in [0.05, 0.1) is 33.5 Å². The third-order valence-electron chi connectivity index (χ3n) is 7.39. The number of sulfone groups is 1. The van der Waals surface area contributed by atoms with Gasteiger partial charge in [-0.3, -0.25) is 14.4 Å². The highest BCUT2D eigenvalue weighted by Crippen LogP contribution is 2.42. The predicted octanol–water partition coefficient (Wildman–Crippen LogP) is 2.13. The van der Waals surface area contributed by atoms with Gasteiger partial charge in [0, 0.05) is 51.8 Å². The number of rotatable bonds is 5. The monoisotopic (exact) mass is 547 g/mol. The molecule has 4 rings (SSSR count). The third-order valence-corrected chi connectivity index (χ3v) is 10.0. The van der Waals surface area contributed by atoms with Gasteiger partial charge in [-0.15, -0.1) is 0 Å². The van der Waals surface area contributed by atoms with E-state index in [1.807, 2.05) is 4.90 Å². The zero-order valence-corrected chi connectivity index (χ0v) is 21.3. The number of aliphatic carboxylic acids is 1. The van der Waals surface area contributed by atoms with Crippen LogP contribution in [0.4, 0.5) is 14.5 Å². The fourth-order valence-electron chi connectivity index (χ4n) is 5.33. The first-order chi connectivity index (χ1) is 16.8. The molecule has 3 fully saturated rings. The van der Waals surface area contributed by atoms with Crippen molar-refractivity contribution in [1.29, 1.82) is 0 Å². The van der Waals surface area contributed by atoms with E-state index in [4.69, 9.17) is 11.6 Å². The minimum absolute atomic E-state index is 0.0134. The molecule has 0 unspecified atom stereocenters. The van der Waals surface area contributed by atoms with E-state index < -0.39 is 57.7 Å². The Hall–Kier alpha value is -2.47. The molecular weight excluding hydrogens is 520 g/mol. The Morgan fingerprint density at radius 1 is 1.03 bits per heavy atom. The molecule has 2 heterocycles. The van der Waals surface area contributed by atoms with Crippen molar-refractivity contribution in [2.24, 2.45) is 11.8 Å². The summed E-state index contributed by atoms with van der Waals surface area (Å²) in [6.45, 7) is 2.70. The van der Waals surface area contributed by atoms with Crippen molar-refractivity contribution in [1.82, 2.24) is 9.80 Å². The minimum atomic E-state index is -4.10. The zero-order chi connectivity index (χ0) is 26.4. The highest BCUT2D eigenvalue weighted by molar-refractivity contribution is 7.92. The summed E-state index contributed by atoms with van der Waals surface area (Å²) >= 11 is 6.38. The molecule has 3 aliphatic rings. The normalized spacial score (nSPS) is 26.3. The van der Waals surface area contributed by atoms with E-state index in [9.17, 15) is 36.7 Å². The molecule has 1 N–H and O–H groups in total. The molecule has 9 nitrogen and oxygen atoms in total. The second kappa shape index (κ2) is 9.77. The second-order valence-corrected chi connectivity index (χ2v) is 12.3. The van der Waals surface area contributed by atoms with Crippen LogP contribution in [0.1, 0.15) is 26.2 Å². The fourth-order valence-corrected chi connectivity index (χ4v) is 7.69. The predicted molar refractivity (Wildman–Crippen MR) is 127 cm³/mol. The summed E-state index contributed by atoms with van der Waals surface area (Å²) in [5.41, 5.74) is 0.694. The topological polar surface area (TPSA) is 115 Å². The molecule has 3 atom stereocenters. The highest BCUT2D eigenvalue weighted by Gasteiger charge is 2.51. The summed E-state index contributed by atoms with van der Waals surface area (Å²) < 4.78 is 54.1. The quantitative estimate of drug-likeness (QED) is 0.600. The number of carboxylic acid groups (broad SMARTS) is 1. The van der Waals surface area contributed by atoms with Gasteiger partial charge in [-0.05, 0) is 31.0 Å². The molecule has 2 saturated heterocycles. The molecule has 0 aromatic heterocycles. The van der Waals surface area contributed by atoms with Crippen molar-refractivity contribution in [2.75, 3.05) is 44.2 Å². The van der Waals surface area contributed by atoms with Crippen molar-refractivity contribution < 1.29 is 36.7 Å². The van der Waals surface area contributed by atoms with Crippen molar-refractivity contribution in [3.63, 3.8) is 0 Å². The first kappa shape index (κ1) is 26.6. The maximum absolute atomic E-state index is 13.6.